The molecule has 17 heavy (non-hydrogen) atoms. The van der Waals surface area contributed by atoms with Crippen LogP contribution in [-0.2, 0) is 6.54 Å². The number of thioether (sulfide) groups is 1. The second kappa shape index (κ2) is 3.88. The van der Waals surface area contributed by atoms with Crippen LogP contribution in [-0.4, -0.2) is 10.1 Å². The van der Waals surface area contributed by atoms with Crippen molar-refractivity contribution in [1.29, 1.82) is 0 Å². The number of halogens is 1. The molecule has 4 heteroatoms. The molecule has 1 aromatic carbocycles. The van der Waals surface area contributed by atoms with E-state index < -0.39 is 0 Å². The minimum Gasteiger partial charge on any atom is -0.319 e. The van der Waals surface area contributed by atoms with Crippen LogP contribution in [0.4, 0.5) is 10.1 Å². The molecule has 3 rings (SSSR count). The Hall–Kier alpha value is -1.29. The van der Waals surface area contributed by atoms with Crippen molar-refractivity contribution in [3.05, 3.63) is 40.7 Å². The largest absolute Gasteiger partial charge is 0.319 e. The molecule has 88 valence electrons. The second-order valence-electron chi connectivity index (χ2n) is 4.53. The summed E-state index contributed by atoms with van der Waals surface area (Å²) in [6.07, 6.45) is 0. The Kier molecular flexibility index (Phi) is 2.47. The minimum absolute atomic E-state index is 0.162. The van der Waals surface area contributed by atoms with Gasteiger partial charge < -0.3 is 4.90 Å². The number of aliphatic imine (C=N–C) groups is 1. The number of benzene rings is 1. The van der Waals surface area contributed by atoms with Crippen LogP contribution in [0, 0.1) is 11.7 Å². The first kappa shape index (κ1) is 10.8. The molecule has 0 atom stereocenters. The maximum absolute atomic E-state index is 13.7. The quantitative estimate of drug-likeness (QED) is 0.749. The van der Waals surface area contributed by atoms with Gasteiger partial charge in [-0.25, -0.2) is 9.38 Å². The lowest BCUT2D eigenvalue weighted by Gasteiger charge is -2.28. The Bertz CT molecular complexity index is 534. The number of hydrogen-bond donors (Lipinski definition) is 0. The number of hydrogen-bond acceptors (Lipinski definition) is 3. The molecule has 2 aliphatic rings. The van der Waals surface area contributed by atoms with E-state index in [1.54, 1.807) is 17.8 Å². The highest BCUT2D eigenvalue weighted by atomic mass is 32.2. The minimum atomic E-state index is -0.162. The molecule has 0 fully saturated rings. The van der Waals surface area contributed by atoms with Crippen molar-refractivity contribution in [3.63, 3.8) is 0 Å². The van der Waals surface area contributed by atoms with E-state index in [1.807, 2.05) is 6.07 Å². The van der Waals surface area contributed by atoms with Gasteiger partial charge in [0.1, 0.15) is 5.82 Å². The zero-order valence-corrected chi connectivity index (χ0v) is 10.6. The Morgan fingerprint density at radius 2 is 2.24 bits per heavy atom. The topological polar surface area (TPSA) is 15.6 Å². The van der Waals surface area contributed by atoms with Crippen molar-refractivity contribution < 1.29 is 4.39 Å². The third-order valence-corrected chi connectivity index (χ3v) is 3.93. The Morgan fingerprint density at radius 3 is 3.00 bits per heavy atom. The summed E-state index contributed by atoms with van der Waals surface area (Å²) in [4.78, 5) is 6.63. The molecule has 0 aliphatic carbocycles. The fourth-order valence-electron chi connectivity index (χ4n) is 2.11. The molecule has 0 unspecified atom stereocenters. The summed E-state index contributed by atoms with van der Waals surface area (Å²) in [6.45, 7) is 4.89. The van der Waals surface area contributed by atoms with Crippen LogP contribution in [0.5, 0.6) is 0 Å². The van der Waals surface area contributed by atoms with E-state index in [4.69, 9.17) is 0 Å². The SMILES string of the molecule is CC(C)C1=CSC2=Nc3cccc(F)c3CN12. The van der Waals surface area contributed by atoms with Gasteiger partial charge in [-0.15, -0.1) is 0 Å². The Labute approximate surface area is 104 Å². The van der Waals surface area contributed by atoms with E-state index >= 15 is 0 Å². The highest BCUT2D eigenvalue weighted by Gasteiger charge is 2.29. The predicted octanol–water partition coefficient (Wildman–Crippen LogP) is 3.87. The van der Waals surface area contributed by atoms with Gasteiger partial charge in [-0.05, 0) is 23.5 Å². The molecule has 0 N–H and O–H groups in total. The first-order chi connectivity index (χ1) is 8.16. The lowest BCUT2D eigenvalue weighted by molar-refractivity contribution is 0.443. The normalized spacial score (nSPS) is 17.8. The molecule has 0 saturated heterocycles. The van der Waals surface area contributed by atoms with Gasteiger partial charge in [-0.2, -0.15) is 0 Å². The fraction of sp³-hybridized carbons (Fsp3) is 0.308. The molecular weight excluding hydrogens is 235 g/mol. The molecule has 0 aromatic heterocycles. The van der Waals surface area contributed by atoms with Crippen molar-refractivity contribution in [2.75, 3.05) is 0 Å². The van der Waals surface area contributed by atoms with Crippen LogP contribution >= 0.6 is 11.8 Å². The molecule has 2 aliphatic heterocycles. The lowest BCUT2D eigenvalue weighted by atomic mass is 10.1. The average Bonchev–Trinajstić information content (AvgIpc) is 2.70. The maximum atomic E-state index is 13.7. The first-order valence-electron chi connectivity index (χ1n) is 5.67. The second-order valence-corrected chi connectivity index (χ2v) is 5.37. The number of rotatable bonds is 1. The van der Waals surface area contributed by atoms with Crippen molar-refractivity contribution in [3.8, 4) is 0 Å². The van der Waals surface area contributed by atoms with Gasteiger partial charge in [0.15, 0.2) is 5.17 Å². The molecule has 0 radical (unpaired) electrons. The van der Waals surface area contributed by atoms with E-state index in [0.717, 1.165) is 10.9 Å². The molecular formula is C13H13FN2S. The third-order valence-electron chi connectivity index (χ3n) is 3.05. The summed E-state index contributed by atoms with van der Waals surface area (Å²) >= 11 is 1.62. The number of fused-ring (bicyclic) bond motifs is 2. The van der Waals surface area contributed by atoms with Crippen LogP contribution in [0.15, 0.2) is 34.3 Å². The Balaban J connectivity index is 2.04. The van der Waals surface area contributed by atoms with Crippen molar-refractivity contribution in [2.45, 2.75) is 20.4 Å². The van der Waals surface area contributed by atoms with Gasteiger partial charge in [0, 0.05) is 11.3 Å². The van der Waals surface area contributed by atoms with Gasteiger partial charge in [0.2, 0.25) is 0 Å². The van der Waals surface area contributed by atoms with Gasteiger partial charge in [-0.3, -0.25) is 0 Å². The maximum Gasteiger partial charge on any atom is 0.173 e. The third kappa shape index (κ3) is 1.67. The van der Waals surface area contributed by atoms with E-state index in [9.17, 15) is 4.39 Å². The van der Waals surface area contributed by atoms with E-state index in [0.29, 0.717) is 18.0 Å². The monoisotopic (exact) mass is 248 g/mol. The van der Waals surface area contributed by atoms with Crippen molar-refractivity contribution in [1.82, 2.24) is 4.90 Å². The predicted molar refractivity (Wildman–Crippen MR) is 69.6 cm³/mol. The zero-order chi connectivity index (χ0) is 12.0. The van der Waals surface area contributed by atoms with Crippen LogP contribution in [0.1, 0.15) is 19.4 Å². The van der Waals surface area contributed by atoms with Crippen LogP contribution < -0.4 is 0 Å². The summed E-state index contributed by atoms with van der Waals surface area (Å²) in [7, 11) is 0. The molecule has 2 heterocycles. The standard InChI is InChI=1S/C13H13FN2S/c1-8(2)12-7-17-13-15-11-5-3-4-10(14)9(11)6-16(12)13/h3-5,7-8H,6H2,1-2H3. The molecule has 0 amide bonds. The fourth-order valence-corrected chi connectivity index (χ4v) is 3.19. The smallest absolute Gasteiger partial charge is 0.173 e. The van der Waals surface area contributed by atoms with Crippen LogP contribution in [0.2, 0.25) is 0 Å². The number of amidine groups is 1. The van der Waals surface area contributed by atoms with E-state index in [2.05, 4.69) is 29.1 Å². The number of allylic oxidation sites excluding steroid dienone is 1. The molecule has 2 nitrogen and oxygen atoms in total. The summed E-state index contributed by atoms with van der Waals surface area (Å²) in [5.74, 6) is 0.272. The lowest BCUT2D eigenvalue weighted by Crippen LogP contribution is -2.28. The summed E-state index contributed by atoms with van der Waals surface area (Å²) in [5, 5.41) is 3.08. The van der Waals surface area contributed by atoms with Crippen molar-refractivity contribution >= 4 is 22.6 Å². The van der Waals surface area contributed by atoms with Gasteiger partial charge >= 0.3 is 0 Å². The van der Waals surface area contributed by atoms with Crippen molar-refractivity contribution in [2.24, 2.45) is 10.9 Å². The van der Waals surface area contributed by atoms with Gasteiger partial charge in [0.05, 0.1) is 12.2 Å². The molecule has 0 spiro atoms. The molecule has 0 saturated carbocycles. The van der Waals surface area contributed by atoms with Gasteiger partial charge in [0.25, 0.3) is 0 Å². The molecule has 0 bridgehead atoms. The zero-order valence-electron chi connectivity index (χ0n) is 9.77. The van der Waals surface area contributed by atoms with Crippen LogP contribution in [0.25, 0.3) is 0 Å². The van der Waals surface area contributed by atoms with Crippen LogP contribution in [0.3, 0.4) is 0 Å². The summed E-state index contributed by atoms with van der Waals surface area (Å²) in [6, 6.07) is 5.09. The molecule has 1 aromatic rings. The highest BCUT2D eigenvalue weighted by molar-refractivity contribution is 8.16. The van der Waals surface area contributed by atoms with E-state index in [-0.39, 0.29) is 5.82 Å². The number of nitrogens with zero attached hydrogens (tertiary/aromatic N) is 2. The summed E-state index contributed by atoms with van der Waals surface area (Å²) in [5.41, 5.74) is 2.69. The van der Waals surface area contributed by atoms with Gasteiger partial charge in [-0.1, -0.05) is 31.7 Å². The average molecular weight is 248 g/mol. The Morgan fingerprint density at radius 1 is 1.41 bits per heavy atom. The first-order valence-corrected chi connectivity index (χ1v) is 6.55. The summed E-state index contributed by atoms with van der Waals surface area (Å²) < 4.78 is 13.7. The van der Waals surface area contributed by atoms with E-state index in [1.165, 1.54) is 11.8 Å². The highest BCUT2D eigenvalue weighted by Crippen LogP contribution is 2.39.